The molecule has 146 valence electrons. The van der Waals surface area contributed by atoms with Crippen molar-refractivity contribution in [3.8, 4) is 5.69 Å². The molecule has 1 aromatic heterocycles. The van der Waals surface area contributed by atoms with Gasteiger partial charge in [-0.05, 0) is 67.3 Å². The number of esters is 1. The first-order chi connectivity index (χ1) is 13.2. The van der Waals surface area contributed by atoms with Gasteiger partial charge in [-0.15, -0.1) is 0 Å². The van der Waals surface area contributed by atoms with Crippen LogP contribution in [0.3, 0.4) is 0 Å². The Morgan fingerprint density at radius 2 is 1.86 bits per heavy atom. The summed E-state index contributed by atoms with van der Waals surface area (Å²) in [5.41, 5.74) is 2.80. The third-order valence-electron chi connectivity index (χ3n) is 4.82. The lowest BCUT2D eigenvalue weighted by Gasteiger charge is -2.26. The number of ether oxygens (including phenoxy) is 1. The van der Waals surface area contributed by atoms with Crippen molar-refractivity contribution in [1.82, 2.24) is 9.78 Å². The molecule has 0 atom stereocenters. The largest absolute Gasteiger partial charge is 0.468 e. The second kappa shape index (κ2) is 7.58. The fourth-order valence-corrected chi connectivity index (χ4v) is 3.35. The maximum Gasteiger partial charge on any atom is 0.315 e. The molecular formula is C23H25FN2O2. The summed E-state index contributed by atoms with van der Waals surface area (Å²) in [4.78, 5) is 12.4. The van der Waals surface area contributed by atoms with E-state index in [9.17, 15) is 9.18 Å². The average Bonchev–Trinajstić information content (AvgIpc) is 3.08. The summed E-state index contributed by atoms with van der Waals surface area (Å²) < 4.78 is 20.0. The summed E-state index contributed by atoms with van der Waals surface area (Å²) in [5.74, 6) is -0.283. The van der Waals surface area contributed by atoms with Gasteiger partial charge < -0.3 is 4.74 Å². The molecule has 1 heterocycles. The van der Waals surface area contributed by atoms with Crippen LogP contribution in [-0.2, 0) is 9.53 Å². The molecule has 0 spiro atoms. The van der Waals surface area contributed by atoms with Crippen LogP contribution in [0.15, 0.2) is 54.7 Å². The predicted octanol–water partition coefficient (Wildman–Crippen LogP) is 5.40. The van der Waals surface area contributed by atoms with E-state index in [4.69, 9.17) is 4.74 Å². The van der Waals surface area contributed by atoms with E-state index < -0.39 is 5.41 Å². The van der Waals surface area contributed by atoms with Gasteiger partial charge in [0.05, 0.1) is 29.9 Å². The maximum atomic E-state index is 13.2. The molecule has 3 aromatic rings. The quantitative estimate of drug-likeness (QED) is 0.557. The van der Waals surface area contributed by atoms with Crippen molar-refractivity contribution in [3.63, 3.8) is 0 Å². The maximum absolute atomic E-state index is 13.2. The highest BCUT2D eigenvalue weighted by atomic mass is 19.1. The lowest BCUT2D eigenvalue weighted by atomic mass is 9.78. The molecule has 28 heavy (non-hydrogen) atoms. The molecule has 2 aromatic carbocycles. The molecule has 0 bridgehead atoms. The highest BCUT2D eigenvalue weighted by Gasteiger charge is 2.34. The Labute approximate surface area is 164 Å². The van der Waals surface area contributed by atoms with Crippen LogP contribution in [-0.4, -0.2) is 22.9 Å². The Hall–Kier alpha value is -2.95. The Morgan fingerprint density at radius 3 is 2.46 bits per heavy atom. The molecule has 0 aliphatic heterocycles. The zero-order valence-electron chi connectivity index (χ0n) is 16.9. The number of nitrogens with zero attached hydrogens (tertiary/aromatic N) is 2. The molecule has 0 radical (unpaired) electrons. The lowest BCUT2D eigenvalue weighted by Crippen LogP contribution is -2.27. The second-order valence-electron chi connectivity index (χ2n) is 7.75. The number of aromatic nitrogens is 2. The minimum Gasteiger partial charge on any atom is -0.468 e. The van der Waals surface area contributed by atoms with Crippen molar-refractivity contribution in [2.45, 2.75) is 27.7 Å². The molecule has 0 unspecified atom stereocenters. The van der Waals surface area contributed by atoms with E-state index in [-0.39, 0.29) is 17.7 Å². The number of carbonyl (C=O) groups excluding carboxylic acids is 1. The molecule has 0 N–H and O–H groups in total. The number of rotatable bonds is 5. The Balaban J connectivity index is 2.10. The highest BCUT2D eigenvalue weighted by Crippen LogP contribution is 2.38. The van der Waals surface area contributed by atoms with E-state index in [1.165, 1.54) is 19.2 Å². The van der Waals surface area contributed by atoms with Crippen LogP contribution in [0.25, 0.3) is 22.2 Å². The molecule has 4 nitrogen and oxygen atoms in total. The molecule has 3 rings (SSSR count). The molecule has 0 saturated heterocycles. The summed E-state index contributed by atoms with van der Waals surface area (Å²) in [7, 11) is 1.41. The van der Waals surface area contributed by atoms with Crippen LogP contribution >= 0.6 is 0 Å². The van der Waals surface area contributed by atoms with Crippen LogP contribution in [0.5, 0.6) is 0 Å². The van der Waals surface area contributed by atoms with Gasteiger partial charge in [0.15, 0.2) is 0 Å². The lowest BCUT2D eigenvalue weighted by molar-refractivity contribution is -0.147. The van der Waals surface area contributed by atoms with E-state index >= 15 is 0 Å². The SMILES string of the molecule is COC(=O)C(C)(C)/C(=C/C(C)C)c1ccc2c(cnn2-c2ccc(F)cc2)c1. The average molecular weight is 380 g/mol. The zero-order valence-corrected chi connectivity index (χ0v) is 16.9. The fraction of sp³-hybridized carbons (Fsp3) is 0.304. The Bertz CT molecular complexity index is 1030. The van der Waals surface area contributed by atoms with Crippen LogP contribution in [0, 0.1) is 17.2 Å². The van der Waals surface area contributed by atoms with Crippen molar-refractivity contribution in [2.75, 3.05) is 7.11 Å². The first kappa shape index (κ1) is 19.8. The fourth-order valence-electron chi connectivity index (χ4n) is 3.35. The molecule has 0 saturated carbocycles. The van der Waals surface area contributed by atoms with Crippen molar-refractivity contribution in [2.24, 2.45) is 11.3 Å². The van der Waals surface area contributed by atoms with Crippen LogP contribution in [0.2, 0.25) is 0 Å². The molecule has 0 aliphatic carbocycles. The van der Waals surface area contributed by atoms with Crippen LogP contribution < -0.4 is 0 Å². The van der Waals surface area contributed by atoms with Gasteiger partial charge in [0.1, 0.15) is 5.82 Å². The number of fused-ring (bicyclic) bond motifs is 1. The number of carbonyl (C=O) groups is 1. The third-order valence-corrected chi connectivity index (χ3v) is 4.82. The molecule has 0 aliphatic rings. The van der Waals surface area contributed by atoms with Gasteiger partial charge >= 0.3 is 5.97 Å². The zero-order chi connectivity index (χ0) is 20.5. The van der Waals surface area contributed by atoms with Gasteiger partial charge in [0.25, 0.3) is 0 Å². The summed E-state index contributed by atoms with van der Waals surface area (Å²) in [6.07, 6.45) is 3.88. The number of benzene rings is 2. The number of allylic oxidation sites excluding steroid dienone is 1. The monoisotopic (exact) mass is 380 g/mol. The van der Waals surface area contributed by atoms with Crippen molar-refractivity contribution in [1.29, 1.82) is 0 Å². The van der Waals surface area contributed by atoms with Gasteiger partial charge in [-0.3, -0.25) is 4.79 Å². The van der Waals surface area contributed by atoms with Crippen LogP contribution in [0.4, 0.5) is 4.39 Å². The summed E-state index contributed by atoms with van der Waals surface area (Å²) in [5, 5.41) is 5.39. The first-order valence-electron chi connectivity index (χ1n) is 9.29. The molecule has 5 heteroatoms. The second-order valence-corrected chi connectivity index (χ2v) is 7.75. The molecule has 0 amide bonds. The van der Waals surface area contributed by atoms with Gasteiger partial charge in [-0.2, -0.15) is 5.10 Å². The van der Waals surface area contributed by atoms with E-state index in [0.29, 0.717) is 0 Å². The third kappa shape index (κ3) is 3.70. The van der Waals surface area contributed by atoms with Crippen molar-refractivity contribution < 1.29 is 13.9 Å². The molecule has 0 fully saturated rings. The van der Waals surface area contributed by atoms with Crippen LogP contribution in [0.1, 0.15) is 33.3 Å². The van der Waals surface area contributed by atoms with Gasteiger partial charge in [0.2, 0.25) is 0 Å². The molecular weight excluding hydrogens is 355 g/mol. The smallest absolute Gasteiger partial charge is 0.315 e. The van der Waals surface area contributed by atoms with Gasteiger partial charge in [-0.25, -0.2) is 9.07 Å². The van der Waals surface area contributed by atoms with Gasteiger partial charge in [0, 0.05) is 5.39 Å². The standard InChI is InChI=1S/C23H25FN2O2/c1-15(2)12-20(23(3,4)22(27)28-5)16-6-11-21-17(13-16)14-25-26(21)19-9-7-18(24)8-10-19/h6-15H,1-5H3/b20-12+. The Morgan fingerprint density at radius 1 is 1.18 bits per heavy atom. The number of halogens is 1. The normalized spacial score (nSPS) is 12.6. The number of methoxy groups -OCH3 is 1. The van der Waals surface area contributed by atoms with E-state index in [2.05, 4.69) is 25.0 Å². The first-order valence-corrected chi connectivity index (χ1v) is 9.29. The van der Waals surface area contributed by atoms with E-state index in [1.807, 2.05) is 32.0 Å². The number of hydrogen-bond acceptors (Lipinski definition) is 3. The van der Waals surface area contributed by atoms with Crippen molar-refractivity contribution in [3.05, 3.63) is 66.1 Å². The summed E-state index contributed by atoms with van der Waals surface area (Å²) >= 11 is 0. The highest BCUT2D eigenvalue weighted by molar-refractivity contribution is 5.94. The van der Waals surface area contributed by atoms with E-state index in [1.54, 1.807) is 23.0 Å². The van der Waals surface area contributed by atoms with Crippen molar-refractivity contribution >= 4 is 22.4 Å². The number of hydrogen-bond donors (Lipinski definition) is 0. The van der Waals surface area contributed by atoms with E-state index in [0.717, 1.165) is 27.7 Å². The topological polar surface area (TPSA) is 44.1 Å². The van der Waals surface area contributed by atoms with Gasteiger partial charge in [-0.1, -0.05) is 26.0 Å². The Kier molecular flexibility index (Phi) is 5.36. The predicted molar refractivity (Wildman–Crippen MR) is 110 cm³/mol. The summed E-state index contributed by atoms with van der Waals surface area (Å²) in [6.45, 7) is 7.91. The summed E-state index contributed by atoms with van der Waals surface area (Å²) in [6, 6.07) is 12.2. The minimum atomic E-state index is -0.778. The minimum absolute atomic E-state index is 0.275.